The van der Waals surface area contributed by atoms with Gasteiger partial charge in [0.25, 0.3) is 0 Å². The molecule has 0 spiro atoms. The molecule has 0 aromatic heterocycles. The first kappa shape index (κ1) is 19.3. The zero-order valence-corrected chi connectivity index (χ0v) is 15.4. The molecular formula is C18H19ClO5S. The van der Waals surface area contributed by atoms with Gasteiger partial charge < -0.3 is 14.0 Å². The van der Waals surface area contributed by atoms with E-state index < -0.39 is 16.2 Å². The molecule has 0 amide bonds. The fourth-order valence-corrected chi connectivity index (χ4v) is 3.04. The molecule has 1 N–H and O–H groups in total. The van der Waals surface area contributed by atoms with Crippen molar-refractivity contribution in [2.45, 2.75) is 17.9 Å². The van der Waals surface area contributed by atoms with Crippen molar-refractivity contribution in [3.63, 3.8) is 0 Å². The Bertz CT molecular complexity index is 844. The number of aryl methyl sites for hydroxylation is 1. The molecule has 25 heavy (non-hydrogen) atoms. The van der Waals surface area contributed by atoms with E-state index >= 15 is 0 Å². The van der Waals surface area contributed by atoms with Crippen molar-refractivity contribution >= 4 is 27.8 Å². The quantitative estimate of drug-likeness (QED) is 0.587. The van der Waals surface area contributed by atoms with Crippen LogP contribution < -0.4 is 8.92 Å². The molecule has 0 aliphatic rings. The summed E-state index contributed by atoms with van der Waals surface area (Å²) >= 11 is 5.53. The molecule has 7 heteroatoms. The van der Waals surface area contributed by atoms with Crippen molar-refractivity contribution in [3.8, 4) is 11.5 Å². The van der Waals surface area contributed by atoms with E-state index in [4.69, 9.17) is 20.5 Å². The standard InChI is InChI=1S/C18H19ClO5S/c1-13-3-8-16(9-4-13)25(21,22)24-17-10-6-14(11-18(17)23-2)5-7-15(20)12-19/h3-11,15,20H,12H2,1-2H3/b7-5+/t15-/m1/s1. The number of rotatable bonds is 7. The van der Waals surface area contributed by atoms with E-state index in [0.717, 1.165) is 5.56 Å². The number of halogens is 1. The third-order valence-electron chi connectivity index (χ3n) is 3.37. The smallest absolute Gasteiger partial charge is 0.339 e. The summed E-state index contributed by atoms with van der Waals surface area (Å²) in [6, 6.07) is 11.1. The largest absolute Gasteiger partial charge is 0.493 e. The molecule has 0 unspecified atom stereocenters. The Morgan fingerprint density at radius 2 is 1.84 bits per heavy atom. The molecule has 1 atom stereocenters. The average molecular weight is 383 g/mol. The van der Waals surface area contributed by atoms with Crippen LogP contribution >= 0.6 is 11.6 Å². The first-order valence-electron chi connectivity index (χ1n) is 7.47. The Balaban J connectivity index is 2.27. The van der Waals surface area contributed by atoms with Gasteiger partial charge in [-0.15, -0.1) is 11.6 Å². The Hall–Kier alpha value is -2.02. The Labute approximate surface area is 152 Å². The minimum Gasteiger partial charge on any atom is -0.493 e. The summed E-state index contributed by atoms with van der Waals surface area (Å²) in [6.45, 7) is 1.87. The predicted octanol–water partition coefficient (Wildman–Crippen LogP) is 3.38. The predicted molar refractivity (Wildman–Crippen MR) is 97.7 cm³/mol. The van der Waals surface area contributed by atoms with Gasteiger partial charge >= 0.3 is 10.1 Å². The number of alkyl halides is 1. The second-order valence-corrected chi connectivity index (χ2v) is 7.20. The molecular weight excluding hydrogens is 364 g/mol. The maximum absolute atomic E-state index is 12.4. The number of aliphatic hydroxyl groups excluding tert-OH is 1. The normalized spacial score (nSPS) is 13.0. The summed E-state index contributed by atoms with van der Waals surface area (Å²) in [5, 5.41) is 9.44. The Kier molecular flexibility index (Phi) is 6.47. The molecule has 134 valence electrons. The van der Waals surface area contributed by atoms with Gasteiger partial charge in [0.05, 0.1) is 19.1 Å². The molecule has 5 nitrogen and oxygen atoms in total. The van der Waals surface area contributed by atoms with E-state index in [1.54, 1.807) is 30.3 Å². The van der Waals surface area contributed by atoms with E-state index in [1.807, 2.05) is 6.92 Å². The summed E-state index contributed by atoms with van der Waals surface area (Å²) in [4.78, 5) is 0.0642. The van der Waals surface area contributed by atoms with E-state index in [2.05, 4.69) is 0 Å². The van der Waals surface area contributed by atoms with Gasteiger partial charge in [0, 0.05) is 0 Å². The number of aliphatic hydroxyl groups is 1. The van der Waals surface area contributed by atoms with Crippen molar-refractivity contribution < 1.29 is 22.4 Å². The highest BCUT2D eigenvalue weighted by atomic mass is 35.5. The molecule has 0 radical (unpaired) electrons. The van der Waals surface area contributed by atoms with Gasteiger partial charge in [-0.3, -0.25) is 0 Å². The van der Waals surface area contributed by atoms with Crippen LogP contribution in [0.1, 0.15) is 11.1 Å². The van der Waals surface area contributed by atoms with Crippen molar-refractivity contribution in [3.05, 3.63) is 59.7 Å². The molecule has 0 heterocycles. The Morgan fingerprint density at radius 1 is 1.16 bits per heavy atom. The van der Waals surface area contributed by atoms with Gasteiger partial charge in [-0.05, 0) is 36.8 Å². The van der Waals surface area contributed by atoms with Gasteiger partial charge in [-0.1, -0.05) is 35.9 Å². The van der Waals surface area contributed by atoms with Crippen LogP contribution in [0.25, 0.3) is 6.08 Å². The van der Waals surface area contributed by atoms with Crippen LogP contribution in [0.2, 0.25) is 0 Å². The lowest BCUT2D eigenvalue weighted by molar-refractivity contribution is 0.248. The number of methoxy groups -OCH3 is 1. The van der Waals surface area contributed by atoms with Crippen LogP contribution in [0.5, 0.6) is 11.5 Å². The van der Waals surface area contributed by atoms with Gasteiger partial charge in [-0.2, -0.15) is 8.42 Å². The molecule has 0 saturated heterocycles. The molecule has 0 fully saturated rings. The zero-order valence-electron chi connectivity index (χ0n) is 13.8. The second-order valence-electron chi connectivity index (χ2n) is 5.34. The van der Waals surface area contributed by atoms with Gasteiger partial charge in [-0.25, -0.2) is 0 Å². The van der Waals surface area contributed by atoms with E-state index in [-0.39, 0.29) is 22.3 Å². The van der Waals surface area contributed by atoms with Crippen molar-refractivity contribution in [1.82, 2.24) is 0 Å². The van der Waals surface area contributed by atoms with E-state index in [1.165, 1.54) is 31.4 Å². The van der Waals surface area contributed by atoms with Crippen LogP contribution in [0.3, 0.4) is 0 Å². The Morgan fingerprint density at radius 3 is 2.44 bits per heavy atom. The van der Waals surface area contributed by atoms with Gasteiger partial charge in [0.1, 0.15) is 4.90 Å². The van der Waals surface area contributed by atoms with Crippen molar-refractivity contribution in [2.75, 3.05) is 13.0 Å². The van der Waals surface area contributed by atoms with E-state index in [0.29, 0.717) is 5.56 Å². The molecule has 0 aliphatic carbocycles. The maximum atomic E-state index is 12.4. The highest BCUT2D eigenvalue weighted by molar-refractivity contribution is 7.87. The lowest BCUT2D eigenvalue weighted by Crippen LogP contribution is -2.10. The van der Waals surface area contributed by atoms with Crippen LogP contribution in [0, 0.1) is 6.92 Å². The summed E-state index contributed by atoms with van der Waals surface area (Å²) in [5.74, 6) is 0.431. The number of benzene rings is 2. The molecule has 0 aliphatic heterocycles. The lowest BCUT2D eigenvalue weighted by Gasteiger charge is -2.11. The average Bonchev–Trinajstić information content (AvgIpc) is 2.60. The zero-order chi connectivity index (χ0) is 18.4. The topological polar surface area (TPSA) is 72.8 Å². The summed E-state index contributed by atoms with van der Waals surface area (Å²) < 4.78 is 35.2. The fourth-order valence-electron chi connectivity index (χ4n) is 2.00. The third-order valence-corrected chi connectivity index (χ3v) is 4.93. The lowest BCUT2D eigenvalue weighted by atomic mass is 10.1. The monoisotopic (exact) mass is 382 g/mol. The summed E-state index contributed by atoms with van der Waals surface area (Å²) in [5.41, 5.74) is 1.66. The van der Waals surface area contributed by atoms with Crippen LogP contribution in [-0.2, 0) is 10.1 Å². The molecule has 2 aromatic rings. The number of ether oxygens (including phenoxy) is 1. The van der Waals surface area contributed by atoms with Crippen LogP contribution in [0.15, 0.2) is 53.4 Å². The second kappa shape index (κ2) is 8.38. The summed E-state index contributed by atoms with van der Waals surface area (Å²) in [7, 11) is -2.54. The highest BCUT2D eigenvalue weighted by Crippen LogP contribution is 2.31. The molecule has 0 bridgehead atoms. The third kappa shape index (κ3) is 5.22. The minimum absolute atomic E-state index is 0.0642. The first-order chi connectivity index (χ1) is 11.9. The maximum Gasteiger partial charge on any atom is 0.339 e. The molecule has 0 saturated carbocycles. The number of hydrogen-bond acceptors (Lipinski definition) is 5. The summed E-state index contributed by atoms with van der Waals surface area (Å²) in [6.07, 6.45) is 2.43. The van der Waals surface area contributed by atoms with Crippen LogP contribution in [0.4, 0.5) is 0 Å². The first-order valence-corrected chi connectivity index (χ1v) is 9.41. The number of hydrogen-bond donors (Lipinski definition) is 1. The van der Waals surface area contributed by atoms with Gasteiger partial charge in [0.2, 0.25) is 0 Å². The fraction of sp³-hybridized carbons (Fsp3) is 0.222. The molecule has 2 aromatic carbocycles. The van der Waals surface area contributed by atoms with Crippen molar-refractivity contribution in [1.29, 1.82) is 0 Å². The van der Waals surface area contributed by atoms with Crippen LogP contribution in [-0.4, -0.2) is 32.6 Å². The van der Waals surface area contributed by atoms with E-state index in [9.17, 15) is 13.5 Å². The highest BCUT2D eigenvalue weighted by Gasteiger charge is 2.19. The SMILES string of the molecule is COc1cc(/C=C/[C@@H](O)CCl)ccc1OS(=O)(=O)c1ccc(C)cc1. The van der Waals surface area contributed by atoms with Gasteiger partial charge in [0.15, 0.2) is 11.5 Å². The molecule has 2 rings (SSSR count). The van der Waals surface area contributed by atoms with Crippen molar-refractivity contribution in [2.24, 2.45) is 0 Å². The minimum atomic E-state index is -3.96.